The Kier molecular flexibility index (Phi) is 6.89. The Bertz CT molecular complexity index is 563. The van der Waals surface area contributed by atoms with Gasteiger partial charge in [0.25, 0.3) is 10.1 Å². The van der Waals surface area contributed by atoms with E-state index in [1.807, 2.05) is 13.8 Å². The molecule has 120 valence electrons. The molecule has 1 rings (SSSR count). The third-order valence-corrected chi connectivity index (χ3v) is 4.06. The molecule has 0 amide bonds. The molecule has 1 aromatic rings. The molecule has 0 fully saturated rings. The van der Waals surface area contributed by atoms with Crippen LogP contribution in [0.2, 0.25) is 0 Å². The molecule has 0 saturated heterocycles. The fourth-order valence-corrected chi connectivity index (χ4v) is 2.51. The van der Waals surface area contributed by atoms with Gasteiger partial charge < -0.3 is 15.7 Å². The standard InChI is InChI=1S/C13H21ClN2O4S/c1-9(2)15-7-10-3-4-11(16-8-12(17)6-14)5-13(10)21(18,19)20/h3-5,9,12,15-17H,6-8H2,1-2H3,(H,18,19,20). The van der Waals surface area contributed by atoms with Gasteiger partial charge in [0.05, 0.1) is 12.0 Å². The number of aliphatic hydroxyl groups excluding tert-OH is 1. The van der Waals surface area contributed by atoms with E-state index in [-0.39, 0.29) is 23.4 Å². The molecular formula is C13H21ClN2O4S. The van der Waals surface area contributed by atoms with Crippen LogP contribution in [-0.2, 0) is 16.7 Å². The minimum atomic E-state index is -4.32. The highest BCUT2D eigenvalue weighted by Crippen LogP contribution is 2.21. The molecule has 0 aliphatic rings. The number of hydrogen-bond donors (Lipinski definition) is 4. The van der Waals surface area contributed by atoms with E-state index < -0.39 is 16.2 Å². The molecule has 8 heteroatoms. The van der Waals surface area contributed by atoms with Crippen molar-refractivity contribution in [3.8, 4) is 0 Å². The van der Waals surface area contributed by atoms with E-state index in [9.17, 15) is 18.1 Å². The third kappa shape index (κ3) is 6.19. The van der Waals surface area contributed by atoms with E-state index in [1.54, 1.807) is 12.1 Å². The summed E-state index contributed by atoms with van der Waals surface area (Å²) in [5.74, 6) is 0.0779. The lowest BCUT2D eigenvalue weighted by Gasteiger charge is -2.14. The van der Waals surface area contributed by atoms with E-state index in [2.05, 4.69) is 10.6 Å². The monoisotopic (exact) mass is 336 g/mol. The molecule has 21 heavy (non-hydrogen) atoms. The van der Waals surface area contributed by atoms with Gasteiger partial charge in [-0.15, -0.1) is 11.6 Å². The lowest BCUT2D eigenvalue weighted by atomic mass is 10.2. The minimum Gasteiger partial charge on any atom is -0.390 e. The van der Waals surface area contributed by atoms with Crippen molar-refractivity contribution in [1.82, 2.24) is 5.32 Å². The maximum absolute atomic E-state index is 11.5. The topological polar surface area (TPSA) is 98.7 Å². The van der Waals surface area contributed by atoms with Gasteiger partial charge >= 0.3 is 0 Å². The highest BCUT2D eigenvalue weighted by molar-refractivity contribution is 7.85. The molecule has 0 radical (unpaired) electrons. The van der Waals surface area contributed by atoms with Gasteiger partial charge in [0.1, 0.15) is 4.90 Å². The van der Waals surface area contributed by atoms with Crippen LogP contribution in [0.1, 0.15) is 19.4 Å². The smallest absolute Gasteiger partial charge is 0.294 e. The van der Waals surface area contributed by atoms with Crippen molar-refractivity contribution < 1.29 is 18.1 Å². The molecule has 0 saturated carbocycles. The highest BCUT2D eigenvalue weighted by atomic mass is 35.5. The maximum Gasteiger partial charge on any atom is 0.294 e. The Hall–Kier alpha value is -0.860. The van der Waals surface area contributed by atoms with E-state index >= 15 is 0 Å². The molecule has 0 spiro atoms. The first kappa shape index (κ1) is 18.2. The van der Waals surface area contributed by atoms with Crippen molar-refractivity contribution in [2.75, 3.05) is 17.7 Å². The largest absolute Gasteiger partial charge is 0.390 e. The molecule has 0 bridgehead atoms. The van der Waals surface area contributed by atoms with Crippen LogP contribution in [0.4, 0.5) is 5.69 Å². The van der Waals surface area contributed by atoms with Crippen LogP contribution in [0, 0.1) is 0 Å². The van der Waals surface area contributed by atoms with E-state index in [0.717, 1.165) is 0 Å². The molecule has 1 unspecified atom stereocenters. The van der Waals surface area contributed by atoms with Crippen LogP contribution in [-0.4, -0.2) is 42.6 Å². The number of benzene rings is 1. The summed E-state index contributed by atoms with van der Waals surface area (Å²) in [5, 5.41) is 15.3. The number of alkyl halides is 1. The van der Waals surface area contributed by atoms with Crippen molar-refractivity contribution >= 4 is 27.4 Å². The summed E-state index contributed by atoms with van der Waals surface area (Å²) in [6.07, 6.45) is -0.733. The van der Waals surface area contributed by atoms with Gasteiger partial charge in [-0.3, -0.25) is 4.55 Å². The van der Waals surface area contributed by atoms with E-state index in [4.69, 9.17) is 11.6 Å². The van der Waals surface area contributed by atoms with E-state index in [1.165, 1.54) is 6.07 Å². The molecule has 0 aliphatic carbocycles. The summed E-state index contributed by atoms with van der Waals surface area (Å²) in [4.78, 5) is -0.152. The van der Waals surface area contributed by atoms with Crippen molar-refractivity contribution in [1.29, 1.82) is 0 Å². The zero-order chi connectivity index (χ0) is 16.0. The summed E-state index contributed by atoms with van der Waals surface area (Å²) >= 11 is 5.48. The zero-order valence-electron chi connectivity index (χ0n) is 12.0. The Balaban J connectivity index is 2.96. The third-order valence-electron chi connectivity index (χ3n) is 2.77. The molecule has 4 N–H and O–H groups in total. The van der Waals surface area contributed by atoms with Crippen molar-refractivity contribution in [2.45, 2.75) is 37.4 Å². The number of halogens is 1. The Labute approximate surface area is 130 Å². The van der Waals surface area contributed by atoms with Gasteiger partial charge in [-0.1, -0.05) is 19.9 Å². The van der Waals surface area contributed by atoms with Crippen LogP contribution < -0.4 is 10.6 Å². The van der Waals surface area contributed by atoms with Crippen molar-refractivity contribution in [3.63, 3.8) is 0 Å². The molecular weight excluding hydrogens is 316 g/mol. The normalized spacial score (nSPS) is 13.4. The van der Waals surface area contributed by atoms with Crippen LogP contribution in [0.3, 0.4) is 0 Å². The van der Waals surface area contributed by atoms with Gasteiger partial charge in [0.2, 0.25) is 0 Å². The van der Waals surface area contributed by atoms with Crippen LogP contribution in [0.15, 0.2) is 23.1 Å². The van der Waals surface area contributed by atoms with Crippen LogP contribution >= 0.6 is 11.6 Å². The molecule has 0 heterocycles. The van der Waals surface area contributed by atoms with Crippen LogP contribution in [0.25, 0.3) is 0 Å². The van der Waals surface area contributed by atoms with Gasteiger partial charge in [0, 0.05) is 24.8 Å². The Morgan fingerprint density at radius 1 is 1.33 bits per heavy atom. The average molecular weight is 337 g/mol. The molecule has 6 nitrogen and oxygen atoms in total. The number of anilines is 1. The SMILES string of the molecule is CC(C)NCc1ccc(NCC(O)CCl)cc1S(=O)(=O)O. The first-order valence-electron chi connectivity index (χ1n) is 6.55. The zero-order valence-corrected chi connectivity index (χ0v) is 13.6. The van der Waals surface area contributed by atoms with Gasteiger partial charge in [-0.2, -0.15) is 8.42 Å². The average Bonchev–Trinajstić information content (AvgIpc) is 2.41. The van der Waals surface area contributed by atoms with Gasteiger partial charge in [-0.25, -0.2) is 0 Å². The first-order valence-corrected chi connectivity index (χ1v) is 8.53. The second kappa shape index (κ2) is 7.95. The van der Waals surface area contributed by atoms with Crippen LogP contribution in [0.5, 0.6) is 0 Å². The molecule has 0 aromatic heterocycles. The predicted octanol–water partition coefficient (Wildman–Crippen LogP) is 1.44. The number of nitrogens with one attached hydrogen (secondary N) is 2. The number of aliphatic hydroxyl groups is 1. The maximum atomic E-state index is 11.5. The number of rotatable bonds is 8. The molecule has 1 atom stereocenters. The summed E-state index contributed by atoms with van der Waals surface area (Å²) in [6, 6.07) is 4.84. The summed E-state index contributed by atoms with van der Waals surface area (Å²) in [6.45, 7) is 4.41. The van der Waals surface area contributed by atoms with Crippen molar-refractivity contribution in [2.24, 2.45) is 0 Å². The lowest BCUT2D eigenvalue weighted by Crippen LogP contribution is -2.23. The number of hydrogen-bond acceptors (Lipinski definition) is 5. The van der Waals surface area contributed by atoms with Gasteiger partial charge in [0.15, 0.2) is 0 Å². The summed E-state index contributed by atoms with van der Waals surface area (Å²) in [5.41, 5.74) is 0.967. The Morgan fingerprint density at radius 2 is 2.00 bits per heavy atom. The van der Waals surface area contributed by atoms with Crippen molar-refractivity contribution in [3.05, 3.63) is 23.8 Å². The second-order valence-electron chi connectivity index (χ2n) is 5.02. The fraction of sp³-hybridized carbons (Fsp3) is 0.538. The molecule has 1 aromatic carbocycles. The first-order chi connectivity index (χ1) is 9.74. The molecule has 0 aliphatic heterocycles. The Morgan fingerprint density at radius 3 is 2.52 bits per heavy atom. The predicted molar refractivity (Wildman–Crippen MR) is 83.4 cm³/mol. The fourth-order valence-electron chi connectivity index (χ4n) is 1.65. The summed E-state index contributed by atoms with van der Waals surface area (Å²) < 4.78 is 32.3. The van der Waals surface area contributed by atoms with E-state index in [0.29, 0.717) is 17.8 Å². The quantitative estimate of drug-likeness (QED) is 0.423. The second-order valence-corrected chi connectivity index (χ2v) is 6.72. The lowest BCUT2D eigenvalue weighted by molar-refractivity contribution is 0.211. The summed E-state index contributed by atoms with van der Waals surface area (Å²) in [7, 11) is -4.32. The minimum absolute atomic E-state index is 0.0779. The highest BCUT2D eigenvalue weighted by Gasteiger charge is 2.16. The van der Waals surface area contributed by atoms with Gasteiger partial charge in [-0.05, 0) is 17.7 Å².